The van der Waals surface area contributed by atoms with Crippen molar-refractivity contribution < 1.29 is 9.53 Å². The standard InChI is InChI=1S/C8H8BNO2/c9-7-3-1-2-6(4-7)5-12-8(10)11/h1-4H,5H2,(H2,10,11). The number of carbonyl (C=O) groups excluding carboxylic acids is 1. The molecule has 0 heterocycles. The average molecular weight is 161 g/mol. The monoisotopic (exact) mass is 161 g/mol. The molecule has 1 amide bonds. The molecule has 0 aliphatic rings. The van der Waals surface area contributed by atoms with Gasteiger partial charge in [-0.05, 0) is 5.56 Å². The Morgan fingerprint density at radius 1 is 1.58 bits per heavy atom. The summed E-state index contributed by atoms with van der Waals surface area (Å²) in [4.78, 5) is 10.2. The molecule has 0 atom stereocenters. The van der Waals surface area contributed by atoms with Crippen LogP contribution in [-0.4, -0.2) is 13.9 Å². The van der Waals surface area contributed by atoms with Crippen molar-refractivity contribution in [2.45, 2.75) is 6.61 Å². The van der Waals surface area contributed by atoms with Gasteiger partial charge < -0.3 is 10.5 Å². The van der Waals surface area contributed by atoms with Crippen molar-refractivity contribution in [3.8, 4) is 0 Å². The van der Waals surface area contributed by atoms with E-state index in [0.29, 0.717) is 5.46 Å². The average Bonchev–Trinajstić information content (AvgIpc) is 2.01. The highest BCUT2D eigenvalue weighted by atomic mass is 16.5. The Hall–Kier alpha value is -1.45. The first-order valence-electron chi connectivity index (χ1n) is 3.45. The fraction of sp³-hybridized carbons (Fsp3) is 0.125. The van der Waals surface area contributed by atoms with E-state index in [-0.39, 0.29) is 6.61 Å². The zero-order valence-electron chi connectivity index (χ0n) is 6.49. The van der Waals surface area contributed by atoms with Crippen molar-refractivity contribution in [1.29, 1.82) is 0 Å². The molecule has 0 aliphatic heterocycles. The maximum atomic E-state index is 10.2. The van der Waals surface area contributed by atoms with Crippen LogP contribution in [0.25, 0.3) is 0 Å². The summed E-state index contributed by atoms with van der Waals surface area (Å²) in [5.74, 6) is 0. The largest absolute Gasteiger partial charge is 0.445 e. The van der Waals surface area contributed by atoms with Crippen LogP contribution in [0.4, 0.5) is 4.79 Å². The first-order valence-corrected chi connectivity index (χ1v) is 3.45. The number of rotatable bonds is 2. The maximum absolute atomic E-state index is 10.2. The third-order valence-corrected chi connectivity index (χ3v) is 1.33. The summed E-state index contributed by atoms with van der Waals surface area (Å²) in [6, 6.07) is 7.07. The molecule has 0 spiro atoms. The maximum Gasteiger partial charge on any atom is 0.404 e. The summed E-state index contributed by atoms with van der Waals surface area (Å²) in [5.41, 5.74) is 6.25. The lowest BCUT2D eigenvalue weighted by molar-refractivity contribution is 0.150. The number of nitrogens with two attached hydrogens (primary N) is 1. The number of ether oxygens (including phenoxy) is 1. The Morgan fingerprint density at radius 2 is 2.33 bits per heavy atom. The van der Waals surface area contributed by atoms with Gasteiger partial charge in [0, 0.05) is 0 Å². The third kappa shape index (κ3) is 2.66. The molecule has 3 nitrogen and oxygen atoms in total. The van der Waals surface area contributed by atoms with Gasteiger partial charge in [-0.25, -0.2) is 4.79 Å². The lowest BCUT2D eigenvalue weighted by atomic mass is 9.95. The van der Waals surface area contributed by atoms with Crippen LogP contribution in [-0.2, 0) is 11.3 Å². The number of primary amides is 1. The molecule has 2 N–H and O–H groups in total. The molecule has 4 heteroatoms. The van der Waals surface area contributed by atoms with Gasteiger partial charge in [-0.15, -0.1) is 0 Å². The number of hydrogen-bond donors (Lipinski definition) is 1. The quantitative estimate of drug-likeness (QED) is 0.624. The van der Waals surface area contributed by atoms with E-state index in [1.807, 2.05) is 0 Å². The van der Waals surface area contributed by atoms with Gasteiger partial charge in [-0.1, -0.05) is 29.7 Å². The summed E-state index contributed by atoms with van der Waals surface area (Å²) in [6.07, 6.45) is -0.780. The van der Waals surface area contributed by atoms with Crippen molar-refractivity contribution in [2.24, 2.45) is 5.73 Å². The van der Waals surface area contributed by atoms with E-state index in [4.69, 9.17) is 13.6 Å². The van der Waals surface area contributed by atoms with Crippen LogP contribution >= 0.6 is 0 Å². The SMILES string of the molecule is [B]c1cccc(COC(N)=O)c1. The summed E-state index contributed by atoms with van der Waals surface area (Å²) < 4.78 is 4.57. The van der Waals surface area contributed by atoms with Gasteiger partial charge in [-0.3, -0.25) is 0 Å². The van der Waals surface area contributed by atoms with Crippen LogP contribution in [0, 0.1) is 0 Å². The second kappa shape index (κ2) is 3.81. The topological polar surface area (TPSA) is 52.3 Å². The van der Waals surface area contributed by atoms with Crippen molar-refractivity contribution in [1.82, 2.24) is 0 Å². The van der Waals surface area contributed by atoms with Gasteiger partial charge in [0.2, 0.25) is 0 Å². The summed E-state index contributed by atoms with van der Waals surface area (Å²) >= 11 is 0. The highest BCUT2D eigenvalue weighted by Crippen LogP contribution is 1.97. The van der Waals surface area contributed by atoms with Crippen LogP contribution in [0.5, 0.6) is 0 Å². The van der Waals surface area contributed by atoms with Gasteiger partial charge in [0.25, 0.3) is 0 Å². The highest BCUT2D eigenvalue weighted by molar-refractivity contribution is 6.32. The third-order valence-electron chi connectivity index (χ3n) is 1.33. The second-order valence-corrected chi connectivity index (χ2v) is 2.35. The second-order valence-electron chi connectivity index (χ2n) is 2.35. The summed E-state index contributed by atoms with van der Waals surface area (Å²) in [5, 5.41) is 0. The van der Waals surface area contributed by atoms with Gasteiger partial charge >= 0.3 is 6.09 Å². The fourth-order valence-corrected chi connectivity index (χ4v) is 0.837. The molecule has 1 aromatic rings. The Kier molecular flexibility index (Phi) is 2.74. The molecular formula is C8H8BNO2. The van der Waals surface area contributed by atoms with E-state index in [0.717, 1.165) is 5.56 Å². The van der Waals surface area contributed by atoms with Crippen molar-refractivity contribution in [3.05, 3.63) is 29.8 Å². The molecule has 0 fully saturated rings. The van der Waals surface area contributed by atoms with Crippen LogP contribution < -0.4 is 11.2 Å². The van der Waals surface area contributed by atoms with Crippen LogP contribution in [0.3, 0.4) is 0 Å². The van der Waals surface area contributed by atoms with Crippen molar-refractivity contribution in [3.63, 3.8) is 0 Å². The van der Waals surface area contributed by atoms with Gasteiger partial charge in [0.05, 0.1) is 0 Å². The molecule has 2 radical (unpaired) electrons. The molecule has 1 rings (SSSR count). The molecular weight excluding hydrogens is 153 g/mol. The number of amides is 1. The van der Waals surface area contributed by atoms with E-state index < -0.39 is 6.09 Å². The first kappa shape index (κ1) is 8.65. The molecule has 0 bridgehead atoms. The zero-order chi connectivity index (χ0) is 8.97. The van der Waals surface area contributed by atoms with Crippen LogP contribution in [0.1, 0.15) is 5.56 Å². The molecule has 1 aromatic carbocycles. The molecule has 60 valence electrons. The van der Waals surface area contributed by atoms with E-state index in [1.165, 1.54) is 0 Å². The van der Waals surface area contributed by atoms with Gasteiger partial charge in [-0.2, -0.15) is 0 Å². The minimum absolute atomic E-state index is 0.167. The van der Waals surface area contributed by atoms with Crippen LogP contribution in [0.15, 0.2) is 24.3 Å². The smallest absolute Gasteiger partial charge is 0.404 e. The minimum atomic E-state index is -0.780. The molecule has 0 unspecified atom stereocenters. The zero-order valence-corrected chi connectivity index (χ0v) is 6.49. The number of carbonyl (C=O) groups is 1. The predicted molar refractivity (Wildman–Crippen MR) is 46.2 cm³/mol. The minimum Gasteiger partial charge on any atom is -0.445 e. The van der Waals surface area contributed by atoms with Crippen molar-refractivity contribution >= 4 is 19.4 Å². The molecule has 0 saturated heterocycles. The van der Waals surface area contributed by atoms with E-state index >= 15 is 0 Å². The lowest BCUT2D eigenvalue weighted by Gasteiger charge is -2.01. The molecule has 12 heavy (non-hydrogen) atoms. The summed E-state index contributed by atoms with van der Waals surface area (Å²) in [7, 11) is 5.49. The number of benzene rings is 1. The Labute approximate surface area is 71.9 Å². The van der Waals surface area contributed by atoms with Crippen molar-refractivity contribution in [2.75, 3.05) is 0 Å². The van der Waals surface area contributed by atoms with E-state index in [1.54, 1.807) is 24.3 Å². The number of hydrogen-bond acceptors (Lipinski definition) is 2. The van der Waals surface area contributed by atoms with E-state index in [2.05, 4.69) is 4.74 Å². The van der Waals surface area contributed by atoms with Gasteiger partial charge in [0.1, 0.15) is 14.5 Å². The molecule has 0 saturated carbocycles. The Bertz CT molecular complexity index is 288. The molecule has 0 aliphatic carbocycles. The predicted octanol–water partition coefficient (Wildman–Crippen LogP) is 0.0757. The first-order chi connectivity index (χ1) is 5.68. The normalized spacial score (nSPS) is 9.33. The van der Waals surface area contributed by atoms with Gasteiger partial charge in [0.15, 0.2) is 0 Å². The van der Waals surface area contributed by atoms with E-state index in [9.17, 15) is 4.79 Å². The highest BCUT2D eigenvalue weighted by Gasteiger charge is 1.95. The fourth-order valence-electron chi connectivity index (χ4n) is 0.837. The summed E-state index contributed by atoms with van der Waals surface area (Å²) in [6.45, 7) is 0.167. The Morgan fingerprint density at radius 3 is 2.92 bits per heavy atom. The Balaban J connectivity index is 2.57. The molecule has 0 aromatic heterocycles. The lowest BCUT2D eigenvalue weighted by Crippen LogP contribution is -2.13. The van der Waals surface area contributed by atoms with Crippen LogP contribution in [0.2, 0.25) is 0 Å².